The number of aliphatic hydroxyl groups is 1. The van der Waals surface area contributed by atoms with Crippen LogP contribution in [0.15, 0.2) is 60.7 Å². The van der Waals surface area contributed by atoms with Crippen molar-refractivity contribution in [3.63, 3.8) is 0 Å². The zero-order valence-electron chi connectivity index (χ0n) is 13.0. The van der Waals surface area contributed by atoms with E-state index in [4.69, 9.17) is 4.74 Å². The Kier molecular flexibility index (Phi) is 4.72. The molecule has 0 aliphatic heterocycles. The largest absolute Gasteiger partial charge is 0.488 e. The zero-order valence-corrected chi connectivity index (χ0v) is 13.0. The predicted molar refractivity (Wildman–Crippen MR) is 92.2 cm³/mol. The molecule has 0 aliphatic carbocycles. The molecular weight excluding hydrogens is 306 g/mol. The van der Waals surface area contributed by atoms with Crippen molar-refractivity contribution in [1.82, 2.24) is 0 Å². The minimum absolute atomic E-state index is 0.0224. The fourth-order valence-corrected chi connectivity index (χ4v) is 2.78. The highest BCUT2D eigenvalue weighted by atomic mass is 16.6. The Hall–Kier alpha value is -2.92. The molecule has 0 saturated carbocycles. The van der Waals surface area contributed by atoms with Gasteiger partial charge in [0, 0.05) is 24.0 Å². The molecule has 3 rings (SSSR count). The molecule has 0 saturated heterocycles. The highest BCUT2D eigenvalue weighted by Gasteiger charge is 2.20. The predicted octanol–water partition coefficient (Wildman–Crippen LogP) is 3.86. The van der Waals surface area contributed by atoms with Crippen molar-refractivity contribution >= 4 is 16.5 Å². The van der Waals surface area contributed by atoms with Crippen molar-refractivity contribution < 1.29 is 14.8 Å². The van der Waals surface area contributed by atoms with Gasteiger partial charge in [-0.15, -0.1) is 0 Å². The maximum Gasteiger partial charge on any atom is 0.277 e. The molecule has 122 valence electrons. The minimum atomic E-state index is -0.424. The van der Waals surface area contributed by atoms with E-state index in [2.05, 4.69) is 0 Å². The number of rotatable bonds is 6. The van der Waals surface area contributed by atoms with E-state index >= 15 is 0 Å². The lowest BCUT2D eigenvalue weighted by Gasteiger charge is -2.13. The van der Waals surface area contributed by atoms with Crippen molar-refractivity contribution in [3.8, 4) is 5.75 Å². The van der Waals surface area contributed by atoms with E-state index in [0.717, 1.165) is 16.3 Å². The van der Waals surface area contributed by atoms with Crippen LogP contribution in [-0.2, 0) is 13.0 Å². The van der Waals surface area contributed by atoms with E-state index in [-0.39, 0.29) is 18.7 Å². The van der Waals surface area contributed by atoms with Crippen LogP contribution in [0.3, 0.4) is 0 Å². The summed E-state index contributed by atoms with van der Waals surface area (Å²) in [5, 5.41) is 22.2. The number of nitro groups is 1. The van der Waals surface area contributed by atoms with E-state index < -0.39 is 4.92 Å². The quantitative estimate of drug-likeness (QED) is 0.552. The fraction of sp³-hybridized carbons (Fsp3) is 0.158. The molecule has 3 aromatic rings. The molecule has 0 spiro atoms. The molecule has 0 fully saturated rings. The first-order valence-electron chi connectivity index (χ1n) is 7.67. The first-order valence-corrected chi connectivity index (χ1v) is 7.67. The lowest BCUT2D eigenvalue weighted by molar-refractivity contribution is -0.385. The number of hydrogen-bond donors (Lipinski definition) is 1. The van der Waals surface area contributed by atoms with Crippen molar-refractivity contribution in [2.75, 3.05) is 6.61 Å². The third-order valence-electron chi connectivity index (χ3n) is 3.89. The molecule has 5 heteroatoms. The van der Waals surface area contributed by atoms with Gasteiger partial charge in [-0.05, 0) is 10.9 Å². The first-order chi connectivity index (χ1) is 11.7. The molecular formula is C19H17NO4. The molecule has 0 amide bonds. The lowest BCUT2D eigenvalue weighted by Crippen LogP contribution is -2.02. The Morgan fingerprint density at radius 3 is 2.33 bits per heavy atom. The van der Waals surface area contributed by atoms with Gasteiger partial charge >= 0.3 is 0 Å². The second-order valence-electron chi connectivity index (χ2n) is 5.42. The van der Waals surface area contributed by atoms with Crippen molar-refractivity contribution in [2.24, 2.45) is 0 Å². The summed E-state index contributed by atoms with van der Waals surface area (Å²) in [5.74, 6) is 0.475. The molecule has 3 aromatic carbocycles. The maximum absolute atomic E-state index is 11.4. The molecule has 5 nitrogen and oxygen atoms in total. The molecule has 0 bridgehead atoms. The van der Waals surface area contributed by atoms with Gasteiger partial charge in [0.25, 0.3) is 5.69 Å². The average Bonchev–Trinajstić information content (AvgIpc) is 2.61. The second-order valence-corrected chi connectivity index (χ2v) is 5.42. The first kappa shape index (κ1) is 16.0. The summed E-state index contributed by atoms with van der Waals surface area (Å²) in [6.45, 7) is 0.191. The Balaban J connectivity index is 2.07. The van der Waals surface area contributed by atoms with Gasteiger partial charge in [0.15, 0.2) is 0 Å². The number of nitro benzene ring substituents is 1. The van der Waals surface area contributed by atoms with Gasteiger partial charge in [0.05, 0.1) is 11.0 Å². The molecule has 0 heterocycles. The average molecular weight is 323 g/mol. The Morgan fingerprint density at radius 2 is 1.67 bits per heavy atom. The number of hydrogen-bond acceptors (Lipinski definition) is 4. The Bertz CT molecular complexity index is 862. The standard InChI is InChI=1S/C19H17NO4/c21-11-10-16-15-8-4-5-9-17(15)19(12-18(16)20(22)23)24-13-14-6-2-1-3-7-14/h1-9,12,21H,10-11,13H2. The van der Waals surface area contributed by atoms with Crippen LogP contribution >= 0.6 is 0 Å². The zero-order chi connectivity index (χ0) is 16.9. The lowest BCUT2D eigenvalue weighted by atomic mass is 9.99. The fourth-order valence-electron chi connectivity index (χ4n) is 2.78. The summed E-state index contributed by atoms with van der Waals surface area (Å²) < 4.78 is 5.86. The third-order valence-corrected chi connectivity index (χ3v) is 3.89. The molecule has 0 unspecified atom stereocenters. The smallest absolute Gasteiger partial charge is 0.277 e. The number of aliphatic hydroxyl groups excluding tert-OH is 1. The van der Waals surface area contributed by atoms with Crippen LogP contribution in [0, 0.1) is 10.1 Å². The summed E-state index contributed by atoms with van der Waals surface area (Å²) in [7, 11) is 0. The molecule has 0 atom stereocenters. The molecule has 24 heavy (non-hydrogen) atoms. The topological polar surface area (TPSA) is 72.6 Å². The van der Waals surface area contributed by atoms with Crippen molar-refractivity contribution in [2.45, 2.75) is 13.0 Å². The normalized spacial score (nSPS) is 10.7. The van der Waals surface area contributed by atoms with Crippen LogP contribution in [0.25, 0.3) is 10.8 Å². The maximum atomic E-state index is 11.4. The van der Waals surface area contributed by atoms with Crippen molar-refractivity contribution in [3.05, 3.63) is 81.9 Å². The number of nitrogens with zero attached hydrogens (tertiary/aromatic N) is 1. The number of ether oxygens (including phenoxy) is 1. The molecule has 1 N–H and O–H groups in total. The van der Waals surface area contributed by atoms with E-state index in [1.54, 1.807) is 0 Å². The van der Waals surface area contributed by atoms with Crippen LogP contribution in [-0.4, -0.2) is 16.6 Å². The monoisotopic (exact) mass is 323 g/mol. The summed E-state index contributed by atoms with van der Waals surface area (Å²) in [5.41, 5.74) is 1.50. The van der Waals surface area contributed by atoms with Crippen LogP contribution in [0.2, 0.25) is 0 Å². The van der Waals surface area contributed by atoms with Gasteiger partial charge in [-0.2, -0.15) is 0 Å². The molecule has 0 aromatic heterocycles. The number of benzene rings is 3. The van der Waals surface area contributed by atoms with Gasteiger partial charge in [0.1, 0.15) is 12.4 Å². The van der Waals surface area contributed by atoms with Crippen LogP contribution in [0.1, 0.15) is 11.1 Å². The number of fused-ring (bicyclic) bond motifs is 1. The Labute approximate surface area is 139 Å². The van der Waals surface area contributed by atoms with E-state index in [1.165, 1.54) is 6.07 Å². The van der Waals surface area contributed by atoms with Gasteiger partial charge < -0.3 is 9.84 Å². The van der Waals surface area contributed by atoms with E-state index in [0.29, 0.717) is 17.9 Å². The van der Waals surface area contributed by atoms with Crippen LogP contribution in [0.4, 0.5) is 5.69 Å². The van der Waals surface area contributed by atoms with E-state index in [1.807, 2.05) is 54.6 Å². The van der Waals surface area contributed by atoms with Gasteiger partial charge in [-0.1, -0.05) is 54.6 Å². The second kappa shape index (κ2) is 7.10. The van der Waals surface area contributed by atoms with Gasteiger partial charge in [-0.3, -0.25) is 10.1 Å². The third kappa shape index (κ3) is 3.21. The molecule has 0 radical (unpaired) electrons. The summed E-state index contributed by atoms with van der Waals surface area (Å²) in [6, 6.07) is 18.5. The highest BCUT2D eigenvalue weighted by Crippen LogP contribution is 2.36. The Morgan fingerprint density at radius 1 is 1.00 bits per heavy atom. The van der Waals surface area contributed by atoms with Crippen LogP contribution in [0.5, 0.6) is 5.75 Å². The summed E-state index contributed by atoms with van der Waals surface area (Å²) in [4.78, 5) is 11.0. The minimum Gasteiger partial charge on any atom is -0.488 e. The molecule has 0 aliphatic rings. The van der Waals surface area contributed by atoms with E-state index in [9.17, 15) is 15.2 Å². The SMILES string of the molecule is O=[N+]([O-])c1cc(OCc2ccccc2)c2ccccc2c1CCO. The van der Waals surface area contributed by atoms with Gasteiger partial charge in [0.2, 0.25) is 0 Å². The summed E-state index contributed by atoms with van der Waals surface area (Å²) >= 11 is 0. The van der Waals surface area contributed by atoms with Gasteiger partial charge in [-0.25, -0.2) is 0 Å². The summed E-state index contributed by atoms with van der Waals surface area (Å²) in [6.07, 6.45) is 0.232. The van der Waals surface area contributed by atoms with Crippen LogP contribution < -0.4 is 4.74 Å². The highest BCUT2D eigenvalue weighted by molar-refractivity contribution is 5.94. The van der Waals surface area contributed by atoms with Crippen molar-refractivity contribution in [1.29, 1.82) is 0 Å².